The van der Waals surface area contributed by atoms with Crippen molar-refractivity contribution < 1.29 is 9.53 Å². The van der Waals surface area contributed by atoms with E-state index < -0.39 is 0 Å². The van der Waals surface area contributed by atoms with Crippen LogP contribution in [0.15, 0.2) is 59.6 Å². The van der Waals surface area contributed by atoms with Gasteiger partial charge in [0.15, 0.2) is 10.8 Å². The number of hydrogen-bond acceptors (Lipinski definition) is 5. The van der Waals surface area contributed by atoms with Crippen LogP contribution in [-0.4, -0.2) is 22.7 Å². The van der Waals surface area contributed by atoms with E-state index in [2.05, 4.69) is 10.1 Å². The van der Waals surface area contributed by atoms with Gasteiger partial charge in [-0.2, -0.15) is 5.10 Å². The van der Waals surface area contributed by atoms with Crippen LogP contribution in [0, 0.1) is 0 Å². The average molecular weight is 325 g/mol. The Morgan fingerprint density at radius 3 is 2.43 bits per heavy atom. The van der Waals surface area contributed by atoms with E-state index in [0.717, 1.165) is 17.1 Å². The minimum absolute atomic E-state index is 0.0771. The summed E-state index contributed by atoms with van der Waals surface area (Å²) in [4.78, 5) is 16.9. The Hall–Kier alpha value is -2.73. The summed E-state index contributed by atoms with van der Waals surface area (Å²) in [7, 11) is 1.62. The van der Waals surface area contributed by atoms with E-state index in [0.29, 0.717) is 9.81 Å². The molecule has 0 aliphatic carbocycles. The van der Waals surface area contributed by atoms with Gasteiger partial charge in [-0.3, -0.25) is 4.79 Å². The molecule has 0 saturated heterocycles. The monoisotopic (exact) mass is 325 g/mol. The Labute approximate surface area is 137 Å². The van der Waals surface area contributed by atoms with Crippen LogP contribution in [0.1, 0.15) is 16.7 Å². The molecule has 0 aliphatic rings. The SMILES string of the molecule is COc1ccc(-n2nc(C(C)=O)sc2=Nc2ccccc2)cc1. The van der Waals surface area contributed by atoms with Gasteiger partial charge in [-0.05, 0) is 36.4 Å². The van der Waals surface area contributed by atoms with Crippen molar-refractivity contribution in [1.82, 2.24) is 9.78 Å². The molecular formula is C17H15N3O2S. The molecule has 0 radical (unpaired) electrons. The molecule has 116 valence electrons. The Morgan fingerprint density at radius 1 is 1.13 bits per heavy atom. The molecule has 1 heterocycles. The first-order valence-electron chi connectivity index (χ1n) is 7.02. The molecule has 1 aromatic heterocycles. The van der Waals surface area contributed by atoms with Crippen molar-refractivity contribution in [1.29, 1.82) is 0 Å². The normalized spacial score (nSPS) is 11.5. The van der Waals surface area contributed by atoms with E-state index in [1.165, 1.54) is 18.3 Å². The molecule has 0 saturated carbocycles. The lowest BCUT2D eigenvalue weighted by molar-refractivity contribution is 0.101. The summed E-state index contributed by atoms with van der Waals surface area (Å²) < 4.78 is 6.84. The highest BCUT2D eigenvalue weighted by Gasteiger charge is 2.10. The van der Waals surface area contributed by atoms with E-state index in [4.69, 9.17) is 4.74 Å². The Bertz CT molecular complexity index is 880. The van der Waals surface area contributed by atoms with Gasteiger partial charge in [0.2, 0.25) is 4.80 Å². The van der Waals surface area contributed by atoms with Crippen molar-refractivity contribution in [2.45, 2.75) is 6.92 Å². The van der Waals surface area contributed by atoms with Gasteiger partial charge >= 0.3 is 0 Å². The summed E-state index contributed by atoms with van der Waals surface area (Å²) in [5.41, 5.74) is 1.64. The predicted molar refractivity (Wildman–Crippen MR) is 89.7 cm³/mol. The van der Waals surface area contributed by atoms with Gasteiger partial charge < -0.3 is 4.74 Å². The largest absolute Gasteiger partial charge is 0.497 e. The zero-order valence-electron chi connectivity index (χ0n) is 12.8. The predicted octanol–water partition coefficient (Wildman–Crippen LogP) is 3.38. The van der Waals surface area contributed by atoms with Crippen molar-refractivity contribution in [2.24, 2.45) is 4.99 Å². The fourth-order valence-electron chi connectivity index (χ4n) is 2.00. The number of methoxy groups -OCH3 is 1. The number of carbonyl (C=O) groups excluding carboxylic acids is 1. The minimum atomic E-state index is -0.0771. The molecule has 0 spiro atoms. The second-order valence-corrected chi connectivity index (χ2v) is 5.76. The average Bonchev–Trinajstić information content (AvgIpc) is 3.00. The van der Waals surface area contributed by atoms with Gasteiger partial charge in [-0.1, -0.05) is 29.5 Å². The number of benzene rings is 2. The van der Waals surface area contributed by atoms with Gasteiger partial charge in [0.25, 0.3) is 0 Å². The molecule has 0 bridgehead atoms. The minimum Gasteiger partial charge on any atom is -0.497 e. The van der Waals surface area contributed by atoms with E-state index in [9.17, 15) is 4.79 Å². The van der Waals surface area contributed by atoms with E-state index >= 15 is 0 Å². The van der Waals surface area contributed by atoms with Crippen molar-refractivity contribution in [3.05, 3.63) is 64.4 Å². The van der Waals surface area contributed by atoms with Crippen LogP contribution in [0.5, 0.6) is 5.75 Å². The molecule has 3 aromatic rings. The molecule has 0 aliphatic heterocycles. The Balaban J connectivity index is 2.14. The van der Waals surface area contributed by atoms with Crippen molar-refractivity contribution in [3.8, 4) is 11.4 Å². The molecule has 6 heteroatoms. The van der Waals surface area contributed by atoms with Crippen molar-refractivity contribution in [3.63, 3.8) is 0 Å². The summed E-state index contributed by atoms with van der Waals surface area (Å²) in [5.74, 6) is 0.685. The van der Waals surface area contributed by atoms with E-state index in [1.54, 1.807) is 11.8 Å². The number of nitrogens with zero attached hydrogens (tertiary/aromatic N) is 3. The van der Waals surface area contributed by atoms with E-state index in [-0.39, 0.29) is 5.78 Å². The van der Waals surface area contributed by atoms with Gasteiger partial charge in [0.05, 0.1) is 18.5 Å². The van der Waals surface area contributed by atoms with Crippen LogP contribution in [0.2, 0.25) is 0 Å². The lowest BCUT2D eigenvalue weighted by Gasteiger charge is -2.03. The topological polar surface area (TPSA) is 56.5 Å². The summed E-state index contributed by atoms with van der Waals surface area (Å²) in [6, 6.07) is 17.1. The first kappa shape index (κ1) is 15.2. The van der Waals surface area contributed by atoms with Crippen molar-refractivity contribution >= 4 is 22.8 Å². The lowest BCUT2D eigenvalue weighted by Crippen LogP contribution is -2.14. The zero-order chi connectivity index (χ0) is 16.2. The molecular weight excluding hydrogens is 310 g/mol. The number of carbonyl (C=O) groups is 1. The quantitative estimate of drug-likeness (QED) is 0.691. The zero-order valence-corrected chi connectivity index (χ0v) is 13.6. The first-order valence-corrected chi connectivity index (χ1v) is 7.84. The second kappa shape index (κ2) is 6.58. The number of hydrogen-bond donors (Lipinski definition) is 0. The number of ether oxygens (including phenoxy) is 1. The van der Waals surface area contributed by atoms with Crippen LogP contribution >= 0.6 is 11.3 Å². The van der Waals surface area contributed by atoms with Crippen LogP contribution in [0.25, 0.3) is 5.69 Å². The van der Waals surface area contributed by atoms with Gasteiger partial charge in [0, 0.05) is 6.92 Å². The number of aromatic nitrogens is 2. The maximum atomic E-state index is 11.7. The van der Waals surface area contributed by atoms with Crippen LogP contribution < -0.4 is 9.54 Å². The fourth-order valence-corrected chi connectivity index (χ4v) is 2.82. The van der Waals surface area contributed by atoms with Crippen LogP contribution in [-0.2, 0) is 0 Å². The van der Waals surface area contributed by atoms with Gasteiger partial charge in [-0.15, -0.1) is 0 Å². The highest BCUT2D eigenvalue weighted by molar-refractivity contribution is 7.11. The second-order valence-electron chi connectivity index (χ2n) is 4.80. The van der Waals surface area contributed by atoms with Gasteiger partial charge in [-0.25, -0.2) is 9.67 Å². The third-order valence-corrected chi connectivity index (χ3v) is 4.17. The fraction of sp³-hybridized carbons (Fsp3) is 0.118. The molecule has 0 unspecified atom stereocenters. The summed E-state index contributed by atoms with van der Waals surface area (Å²) in [6.07, 6.45) is 0. The molecule has 0 amide bonds. The number of ketones is 1. The smallest absolute Gasteiger partial charge is 0.213 e. The Morgan fingerprint density at radius 2 is 1.83 bits per heavy atom. The third kappa shape index (κ3) is 3.37. The molecule has 3 rings (SSSR count). The van der Waals surface area contributed by atoms with E-state index in [1.807, 2.05) is 54.6 Å². The number of Topliss-reactive ketones (excluding diaryl/α,β-unsaturated/α-hetero) is 1. The summed E-state index contributed by atoms with van der Waals surface area (Å²) in [6.45, 7) is 1.50. The lowest BCUT2D eigenvalue weighted by atomic mass is 10.3. The third-order valence-electron chi connectivity index (χ3n) is 3.16. The maximum absolute atomic E-state index is 11.7. The van der Waals surface area contributed by atoms with Crippen molar-refractivity contribution in [2.75, 3.05) is 7.11 Å². The molecule has 23 heavy (non-hydrogen) atoms. The number of para-hydroxylation sites is 1. The standard InChI is InChI=1S/C17H15N3O2S/c1-12(21)16-19-20(14-8-10-15(22-2)11-9-14)17(23-16)18-13-6-4-3-5-7-13/h3-11H,1-2H3. The van der Waals surface area contributed by atoms with Crippen LogP contribution in [0.3, 0.4) is 0 Å². The molecule has 5 nitrogen and oxygen atoms in total. The summed E-state index contributed by atoms with van der Waals surface area (Å²) in [5, 5.41) is 4.81. The first-order chi connectivity index (χ1) is 11.2. The number of rotatable bonds is 4. The Kier molecular flexibility index (Phi) is 4.34. The maximum Gasteiger partial charge on any atom is 0.213 e. The molecule has 2 aromatic carbocycles. The summed E-state index contributed by atoms with van der Waals surface area (Å²) >= 11 is 1.27. The molecule has 0 N–H and O–H groups in total. The molecule has 0 atom stereocenters. The highest BCUT2D eigenvalue weighted by Crippen LogP contribution is 2.15. The highest BCUT2D eigenvalue weighted by atomic mass is 32.1. The van der Waals surface area contributed by atoms with Crippen LogP contribution in [0.4, 0.5) is 5.69 Å². The van der Waals surface area contributed by atoms with Gasteiger partial charge in [0.1, 0.15) is 5.75 Å². The molecule has 0 fully saturated rings.